The predicted octanol–water partition coefficient (Wildman–Crippen LogP) is 2.24. The van der Waals surface area contributed by atoms with E-state index >= 15 is 0 Å². The molecule has 1 aromatic rings. The third-order valence-electron chi connectivity index (χ3n) is 2.09. The average Bonchev–Trinajstić information content (AvgIpc) is 2.07. The van der Waals surface area contributed by atoms with Crippen molar-refractivity contribution in [1.82, 2.24) is 0 Å². The van der Waals surface area contributed by atoms with E-state index in [2.05, 4.69) is 0 Å². The van der Waals surface area contributed by atoms with Crippen LogP contribution in [0.5, 0.6) is 5.75 Å². The number of methoxy groups -OCH3 is 1. The lowest BCUT2D eigenvalue weighted by molar-refractivity contribution is 0.410. The molecule has 0 bridgehead atoms. The second-order valence-electron chi connectivity index (χ2n) is 3.01. The van der Waals surface area contributed by atoms with E-state index in [1.54, 1.807) is 0 Å². The van der Waals surface area contributed by atoms with Crippen LogP contribution in [0.15, 0.2) is 17.0 Å². The minimum Gasteiger partial charge on any atom is -0.496 e. The van der Waals surface area contributed by atoms with Crippen LogP contribution in [0.25, 0.3) is 0 Å². The molecule has 0 aliphatic carbocycles. The topological polar surface area (TPSA) is 43.4 Å². The zero-order chi connectivity index (χ0) is 10.9. The standard InChI is InChI=1S/C9H11ClO3S/c1-6-4-8(14(10,11)12)5-9(13-3)7(6)2/h4-5H,1-3H3. The number of benzene rings is 1. The van der Waals surface area contributed by atoms with Gasteiger partial charge in [0.1, 0.15) is 5.75 Å². The van der Waals surface area contributed by atoms with Crippen molar-refractivity contribution < 1.29 is 13.2 Å². The molecule has 0 saturated heterocycles. The Morgan fingerprint density at radius 3 is 2.29 bits per heavy atom. The number of ether oxygens (including phenoxy) is 1. The first-order chi connectivity index (χ1) is 6.36. The first-order valence-corrected chi connectivity index (χ1v) is 6.27. The van der Waals surface area contributed by atoms with E-state index in [1.165, 1.54) is 19.2 Å². The van der Waals surface area contributed by atoms with Crippen molar-refractivity contribution in [2.24, 2.45) is 0 Å². The summed E-state index contributed by atoms with van der Waals surface area (Å²) in [6, 6.07) is 2.95. The van der Waals surface area contributed by atoms with Crippen LogP contribution in [-0.2, 0) is 9.05 Å². The molecule has 0 spiro atoms. The number of hydrogen-bond acceptors (Lipinski definition) is 3. The maximum absolute atomic E-state index is 11.1. The van der Waals surface area contributed by atoms with Gasteiger partial charge in [-0.2, -0.15) is 0 Å². The summed E-state index contributed by atoms with van der Waals surface area (Å²) in [7, 11) is 3.04. The van der Waals surface area contributed by atoms with E-state index < -0.39 is 9.05 Å². The Hall–Kier alpha value is -0.740. The first-order valence-electron chi connectivity index (χ1n) is 3.96. The molecule has 5 heteroatoms. The Kier molecular flexibility index (Phi) is 3.07. The largest absolute Gasteiger partial charge is 0.496 e. The second kappa shape index (κ2) is 3.79. The maximum Gasteiger partial charge on any atom is 0.261 e. The van der Waals surface area contributed by atoms with E-state index in [0.29, 0.717) is 5.75 Å². The van der Waals surface area contributed by atoms with Gasteiger partial charge in [-0.05, 0) is 31.0 Å². The van der Waals surface area contributed by atoms with Crippen molar-refractivity contribution in [3.63, 3.8) is 0 Å². The minimum absolute atomic E-state index is 0.0686. The van der Waals surface area contributed by atoms with Gasteiger partial charge in [-0.15, -0.1) is 0 Å². The highest BCUT2D eigenvalue weighted by atomic mass is 35.7. The summed E-state index contributed by atoms with van der Waals surface area (Å²) in [5.74, 6) is 0.532. The fraction of sp³-hybridized carbons (Fsp3) is 0.333. The van der Waals surface area contributed by atoms with E-state index in [-0.39, 0.29) is 4.90 Å². The number of aryl methyl sites for hydroxylation is 1. The molecule has 1 rings (SSSR count). The molecule has 0 heterocycles. The van der Waals surface area contributed by atoms with Gasteiger partial charge in [-0.3, -0.25) is 0 Å². The molecule has 0 saturated carbocycles. The van der Waals surface area contributed by atoms with Crippen molar-refractivity contribution in [3.05, 3.63) is 23.3 Å². The van der Waals surface area contributed by atoms with Crippen LogP contribution in [0.4, 0.5) is 0 Å². The lowest BCUT2D eigenvalue weighted by atomic mass is 10.1. The molecule has 3 nitrogen and oxygen atoms in total. The number of hydrogen-bond donors (Lipinski definition) is 0. The third-order valence-corrected chi connectivity index (χ3v) is 3.43. The maximum atomic E-state index is 11.1. The highest BCUT2D eigenvalue weighted by Gasteiger charge is 2.14. The van der Waals surface area contributed by atoms with Crippen LogP contribution in [0.1, 0.15) is 11.1 Å². The summed E-state index contributed by atoms with van der Waals surface area (Å²) < 4.78 is 27.2. The van der Waals surface area contributed by atoms with E-state index in [4.69, 9.17) is 15.4 Å². The lowest BCUT2D eigenvalue weighted by Gasteiger charge is -2.08. The van der Waals surface area contributed by atoms with Gasteiger partial charge < -0.3 is 4.74 Å². The summed E-state index contributed by atoms with van der Waals surface area (Å²) in [5, 5.41) is 0. The quantitative estimate of drug-likeness (QED) is 0.738. The summed E-state index contributed by atoms with van der Waals surface area (Å²) in [5.41, 5.74) is 1.75. The minimum atomic E-state index is -3.68. The molecule has 14 heavy (non-hydrogen) atoms. The van der Waals surface area contributed by atoms with Crippen LogP contribution < -0.4 is 4.74 Å². The van der Waals surface area contributed by atoms with Crippen molar-refractivity contribution in [1.29, 1.82) is 0 Å². The molecule has 0 atom stereocenters. The highest BCUT2D eigenvalue weighted by Crippen LogP contribution is 2.27. The molecule has 0 aliphatic heterocycles. The normalized spacial score (nSPS) is 11.4. The van der Waals surface area contributed by atoms with Crippen molar-refractivity contribution in [2.45, 2.75) is 18.7 Å². The predicted molar refractivity (Wildman–Crippen MR) is 55.5 cm³/mol. The average molecular weight is 235 g/mol. The molecule has 0 unspecified atom stereocenters. The first kappa shape index (κ1) is 11.3. The fourth-order valence-corrected chi connectivity index (χ4v) is 1.98. The van der Waals surface area contributed by atoms with Gasteiger partial charge in [-0.1, -0.05) is 0 Å². The van der Waals surface area contributed by atoms with Gasteiger partial charge in [-0.25, -0.2) is 8.42 Å². The summed E-state index contributed by atoms with van der Waals surface area (Å²) in [6.45, 7) is 3.67. The molecular formula is C9H11ClO3S. The van der Waals surface area contributed by atoms with E-state index in [9.17, 15) is 8.42 Å². The molecule has 0 N–H and O–H groups in total. The Morgan fingerprint density at radius 2 is 1.86 bits per heavy atom. The Morgan fingerprint density at radius 1 is 1.29 bits per heavy atom. The Balaban J connectivity index is 3.46. The molecule has 0 fully saturated rings. The van der Waals surface area contributed by atoms with Gasteiger partial charge in [0.05, 0.1) is 12.0 Å². The molecule has 0 amide bonds. The third kappa shape index (κ3) is 2.19. The lowest BCUT2D eigenvalue weighted by Crippen LogP contribution is -1.96. The van der Waals surface area contributed by atoms with Gasteiger partial charge in [0, 0.05) is 16.7 Å². The smallest absolute Gasteiger partial charge is 0.261 e. The Bertz CT molecular complexity index is 451. The van der Waals surface area contributed by atoms with Crippen molar-refractivity contribution in [2.75, 3.05) is 7.11 Å². The fourth-order valence-electron chi connectivity index (χ4n) is 1.15. The SMILES string of the molecule is COc1cc(S(=O)(=O)Cl)cc(C)c1C. The monoisotopic (exact) mass is 234 g/mol. The summed E-state index contributed by atoms with van der Waals surface area (Å²) >= 11 is 0. The molecule has 78 valence electrons. The summed E-state index contributed by atoms with van der Waals surface area (Å²) in [4.78, 5) is 0.0686. The molecule has 0 aromatic heterocycles. The van der Waals surface area contributed by atoms with Crippen LogP contribution in [0.3, 0.4) is 0 Å². The second-order valence-corrected chi connectivity index (χ2v) is 5.57. The highest BCUT2D eigenvalue weighted by molar-refractivity contribution is 8.13. The molecule has 0 aliphatic rings. The van der Waals surface area contributed by atoms with Gasteiger partial charge in [0.2, 0.25) is 0 Å². The van der Waals surface area contributed by atoms with Gasteiger partial charge in [0.15, 0.2) is 0 Å². The Labute approximate surface area is 88.1 Å². The van der Waals surface area contributed by atoms with E-state index in [0.717, 1.165) is 11.1 Å². The molecular weight excluding hydrogens is 224 g/mol. The number of rotatable bonds is 2. The number of halogens is 1. The zero-order valence-electron chi connectivity index (χ0n) is 8.17. The van der Waals surface area contributed by atoms with Crippen LogP contribution in [-0.4, -0.2) is 15.5 Å². The molecule has 0 radical (unpaired) electrons. The van der Waals surface area contributed by atoms with Gasteiger partial charge >= 0.3 is 0 Å². The summed E-state index contributed by atoms with van der Waals surface area (Å²) in [6.07, 6.45) is 0. The van der Waals surface area contributed by atoms with Crippen molar-refractivity contribution in [3.8, 4) is 5.75 Å². The van der Waals surface area contributed by atoms with Crippen LogP contribution >= 0.6 is 10.7 Å². The van der Waals surface area contributed by atoms with Crippen LogP contribution in [0.2, 0.25) is 0 Å². The zero-order valence-corrected chi connectivity index (χ0v) is 9.74. The van der Waals surface area contributed by atoms with Crippen LogP contribution in [0, 0.1) is 13.8 Å². The van der Waals surface area contributed by atoms with E-state index in [1.807, 2.05) is 13.8 Å². The molecule has 1 aromatic carbocycles. The van der Waals surface area contributed by atoms with Gasteiger partial charge in [0.25, 0.3) is 9.05 Å². The van der Waals surface area contributed by atoms with Crippen molar-refractivity contribution >= 4 is 19.7 Å².